The lowest BCUT2D eigenvalue weighted by molar-refractivity contribution is 0.0911. The number of carbonyl (C=O) groups excluding carboxylic acids is 1. The van der Waals surface area contributed by atoms with E-state index in [1.807, 2.05) is 6.92 Å². The van der Waals surface area contributed by atoms with E-state index in [9.17, 15) is 18.0 Å². The number of halogens is 3. The number of rotatable bonds is 2. The van der Waals surface area contributed by atoms with Gasteiger partial charge in [0.2, 0.25) is 0 Å². The van der Waals surface area contributed by atoms with E-state index in [-0.39, 0.29) is 12.1 Å². The first-order chi connectivity index (χ1) is 8.99. The van der Waals surface area contributed by atoms with Crippen molar-refractivity contribution >= 4 is 5.91 Å². The molecule has 0 saturated carbocycles. The standard InChI is InChI=1S/C13H15F3N2O/c1-7-11(3-2-4-17-7)18-13(19)12-9(15)5-8(14)6-10(12)16/h5-7,11,17H,2-4H2,1H3,(H,18,19)/t7-,11-/m0/s1. The number of amides is 1. The summed E-state index contributed by atoms with van der Waals surface area (Å²) in [5.74, 6) is -4.27. The van der Waals surface area contributed by atoms with Gasteiger partial charge < -0.3 is 10.6 Å². The normalized spacial score (nSPS) is 23.2. The largest absolute Gasteiger partial charge is 0.348 e. The van der Waals surface area contributed by atoms with E-state index in [4.69, 9.17) is 0 Å². The molecule has 104 valence electrons. The number of carbonyl (C=O) groups is 1. The Morgan fingerprint density at radius 1 is 1.32 bits per heavy atom. The fraction of sp³-hybridized carbons (Fsp3) is 0.462. The molecule has 1 aliphatic heterocycles. The molecule has 0 unspecified atom stereocenters. The van der Waals surface area contributed by atoms with Gasteiger partial charge in [0.1, 0.15) is 23.0 Å². The van der Waals surface area contributed by atoms with E-state index in [0.29, 0.717) is 12.1 Å². The van der Waals surface area contributed by atoms with Crippen LogP contribution in [0.3, 0.4) is 0 Å². The molecule has 0 radical (unpaired) electrons. The van der Waals surface area contributed by atoms with Gasteiger partial charge in [-0.2, -0.15) is 0 Å². The average molecular weight is 272 g/mol. The summed E-state index contributed by atoms with van der Waals surface area (Å²) in [6.07, 6.45) is 1.62. The van der Waals surface area contributed by atoms with Crippen LogP contribution in [0.25, 0.3) is 0 Å². The van der Waals surface area contributed by atoms with E-state index in [2.05, 4.69) is 10.6 Å². The predicted molar refractivity (Wildman–Crippen MR) is 64.3 cm³/mol. The van der Waals surface area contributed by atoms with Gasteiger partial charge in [-0.15, -0.1) is 0 Å². The van der Waals surface area contributed by atoms with Gasteiger partial charge in [0, 0.05) is 24.2 Å². The highest BCUT2D eigenvalue weighted by molar-refractivity contribution is 5.95. The maximum Gasteiger partial charge on any atom is 0.257 e. The Bertz CT molecular complexity index is 470. The molecule has 2 N–H and O–H groups in total. The zero-order valence-corrected chi connectivity index (χ0v) is 10.5. The van der Waals surface area contributed by atoms with Gasteiger partial charge in [-0.25, -0.2) is 13.2 Å². The molecule has 1 saturated heterocycles. The number of benzene rings is 1. The summed E-state index contributed by atoms with van der Waals surface area (Å²) >= 11 is 0. The molecule has 1 aliphatic rings. The van der Waals surface area contributed by atoms with E-state index >= 15 is 0 Å². The van der Waals surface area contributed by atoms with Crippen LogP contribution in [0.1, 0.15) is 30.1 Å². The van der Waals surface area contributed by atoms with Gasteiger partial charge in [-0.05, 0) is 26.3 Å². The molecule has 1 aromatic carbocycles. The second-order valence-electron chi connectivity index (χ2n) is 4.71. The summed E-state index contributed by atoms with van der Waals surface area (Å²) in [6.45, 7) is 2.74. The highest BCUT2D eigenvalue weighted by atomic mass is 19.1. The van der Waals surface area contributed by atoms with Crippen LogP contribution in [0.5, 0.6) is 0 Å². The van der Waals surface area contributed by atoms with Crippen LogP contribution in [0, 0.1) is 17.5 Å². The lowest BCUT2D eigenvalue weighted by Crippen LogP contribution is -2.52. The lowest BCUT2D eigenvalue weighted by atomic mass is 9.99. The highest BCUT2D eigenvalue weighted by Crippen LogP contribution is 2.16. The molecule has 0 aliphatic carbocycles. The second-order valence-corrected chi connectivity index (χ2v) is 4.71. The van der Waals surface area contributed by atoms with Crippen molar-refractivity contribution < 1.29 is 18.0 Å². The SMILES string of the molecule is C[C@@H]1NCCC[C@@H]1NC(=O)c1c(F)cc(F)cc1F. The third-order valence-corrected chi connectivity index (χ3v) is 3.31. The van der Waals surface area contributed by atoms with Crippen molar-refractivity contribution in [1.82, 2.24) is 10.6 Å². The topological polar surface area (TPSA) is 41.1 Å². The molecule has 19 heavy (non-hydrogen) atoms. The average Bonchev–Trinajstić information content (AvgIpc) is 2.30. The van der Waals surface area contributed by atoms with Crippen LogP contribution in [0.2, 0.25) is 0 Å². The molecule has 2 atom stereocenters. The van der Waals surface area contributed by atoms with Gasteiger partial charge >= 0.3 is 0 Å². The molecule has 1 fully saturated rings. The first kappa shape index (κ1) is 13.9. The van der Waals surface area contributed by atoms with Crippen molar-refractivity contribution in [3.63, 3.8) is 0 Å². The summed E-state index contributed by atoms with van der Waals surface area (Å²) in [5.41, 5.74) is -0.737. The summed E-state index contributed by atoms with van der Waals surface area (Å²) in [7, 11) is 0. The Kier molecular flexibility index (Phi) is 4.09. The minimum absolute atomic E-state index is 0.0317. The summed E-state index contributed by atoms with van der Waals surface area (Å²) in [4.78, 5) is 11.9. The zero-order chi connectivity index (χ0) is 14.0. The quantitative estimate of drug-likeness (QED) is 0.864. The van der Waals surface area contributed by atoms with E-state index in [1.54, 1.807) is 0 Å². The van der Waals surface area contributed by atoms with E-state index < -0.39 is 28.9 Å². The Labute approximate surface area is 109 Å². The fourth-order valence-electron chi connectivity index (χ4n) is 2.24. The van der Waals surface area contributed by atoms with Gasteiger partial charge in [0.05, 0.1) is 0 Å². The van der Waals surface area contributed by atoms with Crippen LogP contribution in [-0.2, 0) is 0 Å². The van der Waals surface area contributed by atoms with Crippen LogP contribution < -0.4 is 10.6 Å². The first-order valence-electron chi connectivity index (χ1n) is 6.18. The summed E-state index contributed by atoms with van der Waals surface area (Å²) < 4.78 is 39.7. The van der Waals surface area contributed by atoms with Crippen LogP contribution in [0.4, 0.5) is 13.2 Å². The number of piperidine rings is 1. The Morgan fingerprint density at radius 3 is 2.53 bits per heavy atom. The highest BCUT2D eigenvalue weighted by Gasteiger charge is 2.26. The predicted octanol–water partition coefficient (Wildman–Crippen LogP) is 1.97. The van der Waals surface area contributed by atoms with Crippen molar-refractivity contribution in [2.24, 2.45) is 0 Å². The number of nitrogens with one attached hydrogen (secondary N) is 2. The number of hydrogen-bond acceptors (Lipinski definition) is 2. The molecular formula is C13H15F3N2O. The van der Waals surface area contributed by atoms with Gasteiger partial charge in [0.15, 0.2) is 0 Å². The van der Waals surface area contributed by atoms with Crippen LogP contribution >= 0.6 is 0 Å². The van der Waals surface area contributed by atoms with Crippen LogP contribution in [0.15, 0.2) is 12.1 Å². The molecular weight excluding hydrogens is 257 g/mol. The van der Waals surface area contributed by atoms with Crippen molar-refractivity contribution in [2.75, 3.05) is 6.54 Å². The molecule has 0 aromatic heterocycles. The van der Waals surface area contributed by atoms with Crippen molar-refractivity contribution in [3.8, 4) is 0 Å². The minimum Gasteiger partial charge on any atom is -0.348 e. The monoisotopic (exact) mass is 272 g/mol. The fourth-order valence-corrected chi connectivity index (χ4v) is 2.24. The third kappa shape index (κ3) is 3.07. The van der Waals surface area contributed by atoms with Crippen molar-refractivity contribution in [3.05, 3.63) is 35.1 Å². The molecule has 0 spiro atoms. The molecule has 2 rings (SSSR count). The van der Waals surface area contributed by atoms with Gasteiger partial charge in [0.25, 0.3) is 5.91 Å². The van der Waals surface area contributed by atoms with Gasteiger partial charge in [-0.1, -0.05) is 0 Å². The maximum absolute atomic E-state index is 13.5. The number of hydrogen-bond donors (Lipinski definition) is 2. The maximum atomic E-state index is 13.5. The van der Waals surface area contributed by atoms with Gasteiger partial charge in [-0.3, -0.25) is 4.79 Å². The van der Waals surface area contributed by atoms with E-state index in [0.717, 1.165) is 19.4 Å². The Morgan fingerprint density at radius 2 is 1.95 bits per heavy atom. The molecule has 1 heterocycles. The molecule has 3 nitrogen and oxygen atoms in total. The summed E-state index contributed by atoms with van der Waals surface area (Å²) in [5, 5.41) is 5.75. The summed E-state index contributed by atoms with van der Waals surface area (Å²) in [6, 6.07) is 0.843. The van der Waals surface area contributed by atoms with Crippen LogP contribution in [-0.4, -0.2) is 24.5 Å². The third-order valence-electron chi connectivity index (χ3n) is 3.31. The Hall–Kier alpha value is -1.56. The second kappa shape index (κ2) is 5.61. The molecule has 1 amide bonds. The lowest BCUT2D eigenvalue weighted by Gasteiger charge is -2.30. The molecule has 1 aromatic rings. The van der Waals surface area contributed by atoms with E-state index in [1.165, 1.54) is 0 Å². The molecule has 0 bridgehead atoms. The Balaban J connectivity index is 2.16. The van der Waals surface area contributed by atoms with Crippen molar-refractivity contribution in [1.29, 1.82) is 0 Å². The minimum atomic E-state index is -1.19. The smallest absolute Gasteiger partial charge is 0.257 e. The molecule has 6 heteroatoms. The van der Waals surface area contributed by atoms with Crippen molar-refractivity contribution in [2.45, 2.75) is 31.8 Å². The zero-order valence-electron chi connectivity index (χ0n) is 10.5. The first-order valence-corrected chi connectivity index (χ1v) is 6.18.